The first-order chi connectivity index (χ1) is 12.0. The van der Waals surface area contributed by atoms with E-state index in [0.29, 0.717) is 0 Å². The zero-order valence-corrected chi connectivity index (χ0v) is 15.7. The Hall–Kier alpha value is -1.88. The van der Waals surface area contributed by atoms with Gasteiger partial charge in [0, 0.05) is 24.1 Å². The molecule has 1 fully saturated rings. The molecule has 5 heteroatoms. The number of amides is 2. The predicted molar refractivity (Wildman–Crippen MR) is 101 cm³/mol. The van der Waals surface area contributed by atoms with Crippen LogP contribution in [0.5, 0.6) is 0 Å². The normalized spacial score (nSPS) is 20.3. The first-order valence-electron chi connectivity index (χ1n) is 9.26. The van der Waals surface area contributed by atoms with E-state index in [-0.39, 0.29) is 23.7 Å². The Balaban J connectivity index is 1.72. The first kappa shape index (κ1) is 19.4. The lowest BCUT2D eigenvalue weighted by molar-refractivity contribution is -0.128. The first-order valence-corrected chi connectivity index (χ1v) is 9.26. The van der Waals surface area contributed by atoms with E-state index in [1.165, 1.54) is 0 Å². The van der Waals surface area contributed by atoms with Crippen molar-refractivity contribution in [3.05, 3.63) is 29.8 Å². The molecule has 2 amide bonds. The number of benzene rings is 1. The van der Waals surface area contributed by atoms with E-state index >= 15 is 0 Å². The largest absolute Gasteiger partial charge is 0.356 e. The zero-order chi connectivity index (χ0) is 18.2. The highest BCUT2D eigenvalue weighted by Gasteiger charge is 2.29. The zero-order valence-electron chi connectivity index (χ0n) is 15.7. The van der Waals surface area contributed by atoms with Gasteiger partial charge in [-0.15, -0.1) is 0 Å². The lowest BCUT2D eigenvalue weighted by Crippen LogP contribution is -2.36. The molecular weight excluding hydrogens is 314 g/mol. The van der Waals surface area contributed by atoms with Crippen molar-refractivity contribution in [3.8, 4) is 0 Å². The number of aryl methyl sites for hydroxylation is 1. The van der Waals surface area contributed by atoms with Gasteiger partial charge in [0.1, 0.15) is 0 Å². The number of hydrogen-bond acceptors (Lipinski definition) is 3. The Morgan fingerprint density at radius 1 is 1.04 bits per heavy atom. The summed E-state index contributed by atoms with van der Waals surface area (Å²) in [5, 5.41) is 6.07. The third kappa shape index (κ3) is 6.16. The molecule has 0 bridgehead atoms. The van der Waals surface area contributed by atoms with Crippen LogP contribution in [0.4, 0.5) is 5.69 Å². The summed E-state index contributed by atoms with van der Waals surface area (Å²) in [6.07, 6.45) is 4.13. The highest BCUT2D eigenvalue weighted by atomic mass is 16.2. The number of nitrogens with zero attached hydrogens (tertiary/aromatic N) is 1. The molecule has 0 radical (unpaired) electrons. The van der Waals surface area contributed by atoms with Gasteiger partial charge in [-0.25, -0.2) is 0 Å². The number of para-hydroxylation sites is 1. The molecule has 0 spiro atoms. The van der Waals surface area contributed by atoms with Crippen LogP contribution in [-0.2, 0) is 9.59 Å². The van der Waals surface area contributed by atoms with Gasteiger partial charge >= 0.3 is 0 Å². The monoisotopic (exact) mass is 345 g/mol. The summed E-state index contributed by atoms with van der Waals surface area (Å²) in [4.78, 5) is 26.8. The number of nitrogens with one attached hydrogen (secondary N) is 2. The van der Waals surface area contributed by atoms with Crippen LogP contribution in [0.15, 0.2) is 24.3 Å². The summed E-state index contributed by atoms with van der Waals surface area (Å²) in [5.41, 5.74) is 1.95. The Bertz CT molecular complexity index is 578. The quantitative estimate of drug-likeness (QED) is 0.747. The van der Waals surface area contributed by atoms with Crippen molar-refractivity contribution in [1.82, 2.24) is 10.2 Å². The molecule has 1 aromatic rings. The third-order valence-corrected chi connectivity index (χ3v) is 4.95. The van der Waals surface area contributed by atoms with E-state index < -0.39 is 0 Å². The van der Waals surface area contributed by atoms with Gasteiger partial charge in [-0.05, 0) is 71.3 Å². The van der Waals surface area contributed by atoms with Crippen molar-refractivity contribution >= 4 is 17.5 Å². The van der Waals surface area contributed by atoms with Crippen LogP contribution in [0.25, 0.3) is 0 Å². The van der Waals surface area contributed by atoms with Crippen molar-refractivity contribution in [2.24, 2.45) is 11.8 Å². The van der Waals surface area contributed by atoms with Crippen LogP contribution in [0.3, 0.4) is 0 Å². The molecular formula is C20H31N3O2. The number of rotatable bonds is 7. The summed E-state index contributed by atoms with van der Waals surface area (Å²) in [6.45, 7) is 3.70. The minimum absolute atomic E-state index is 0.0115. The molecule has 5 nitrogen and oxygen atoms in total. The molecule has 1 saturated carbocycles. The maximum Gasteiger partial charge on any atom is 0.227 e. The maximum atomic E-state index is 12.5. The van der Waals surface area contributed by atoms with Crippen LogP contribution in [0, 0.1) is 18.8 Å². The number of carbonyl (C=O) groups excluding carboxylic acids is 2. The van der Waals surface area contributed by atoms with Crippen LogP contribution in [-0.4, -0.2) is 43.9 Å². The molecule has 1 aromatic carbocycles. The smallest absolute Gasteiger partial charge is 0.227 e. The van der Waals surface area contributed by atoms with E-state index in [1.54, 1.807) is 0 Å². The van der Waals surface area contributed by atoms with Gasteiger partial charge in [0.25, 0.3) is 0 Å². The van der Waals surface area contributed by atoms with E-state index in [0.717, 1.165) is 56.4 Å². The summed E-state index contributed by atoms with van der Waals surface area (Å²) in [7, 11) is 4.07. The summed E-state index contributed by atoms with van der Waals surface area (Å²) < 4.78 is 0. The van der Waals surface area contributed by atoms with E-state index in [4.69, 9.17) is 0 Å². The van der Waals surface area contributed by atoms with Gasteiger partial charge in [0.15, 0.2) is 0 Å². The van der Waals surface area contributed by atoms with E-state index in [1.807, 2.05) is 45.3 Å². The van der Waals surface area contributed by atoms with Crippen molar-refractivity contribution < 1.29 is 9.59 Å². The summed E-state index contributed by atoms with van der Waals surface area (Å²) in [6, 6.07) is 7.82. The molecule has 0 aromatic heterocycles. The fourth-order valence-corrected chi connectivity index (χ4v) is 3.32. The Labute approximate surface area is 151 Å². The van der Waals surface area contributed by atoms with Crippen LogP contribution in [0.1, 0.15) is 37.7 Å². The fourth-order valence-electron chi connectivity index (χ4n) is 3.32. The lowest BCUT2D eigenvalue weighted by Gasteiger charge is -2.27. The van der Waals surface area contributed by atoms with Crippen LogP contribution in [0.2, 0.25) is 0 Å². The third-order valence-electron chi connectivity index (χ3n) is 4.95. The second-order valence-corrected chi connectivity index (χ2v) is 7.30. The van der Waals surface area contributed by atoms with Crippen molar-refractivity contribution in [2.45, 2.75) is 39.0 Å². The average molecular weight is 345 g/mol. The predicted octanol–water partition coefficient (Wildman–Crippen LogP) is 2.81. The summed E-state index contributed by atoms with van der Waals surface area (Å²) >= 11 is 0. The molecule has 1 aliphatic rings. The summed E-state index contributed by atoms with van der Waals surface area (Å²) in [5.74, 6) is 0.301. The molecule has 1 aliphatic carbocycles. The van der Waals surface area contributed by atoms with Crippen molar-refractivity contribution in [2.75, 3.05) is 32.5 Å². The second kappa shape index (κ2) is 9.56. The van der Waals surface area contributed by atoms with Gasteiger partial charge in [-0.1, -0.05) is 18.2 Å². The van der Waals surface area contributed by atoms with E-state index in [2.05, 4.69) is 15.5 Å². The molecule has 0 unspecified atom stereocenters. The fraction of sp³-hybridized carbons (Fsp3) is 0.600. The highest BCUT2D eigenvalue weighted by Crippen LogP contribution is 2.30. The highest BCUT2D eigenvalue weighted by molar-refractivity contribution is 5.93. The molecule has 0 aliphatic heterocycles. The number of hydrogen-bond donors (Lipinski definition) is 2. The Kier molecular flexibility index (Phi) is 7.44. The molecule has 2 N–H and O–H groups in total. The van der Waals surface area contributed by atoms with Gasteiger partial charge in [0.2, 0.25) is 11.8 Å². The second-order valence-electron chi connectivity index (χ2n) is 7.30. The lowest BCUT2D eigenvalue weighted by atomic mass is 9.81. The van der Waals surface area contributed by atoms with Crippen molar-refractivity contribution in [1.29, 1.82) is 0 Å². The molecule has 138 valence electrons. The van der Waals surface area contributed by atoms with Gasteiger partial charge in [-0.2, -0.15) is 0 Å². The maximum absolute atomic E-state index is 12.5. The number of anilines is 1. The molecule has 0 saturated heterocycles. The minimum Gasteiger partial charge on any atom is -0.356 e. The molecule has 0 atom stereocenters. The van der Waals surface area contributed by atoms with Gasteiger partial charge in [-0.3, -0.25) is 9.59 Å². The Morgan fingerprint density at radius 3 is 2.24 bits per heavy atom. The van der Waals surface area contributed by atoms with Crippen LogP contribution < -0.4 is 10.6 Å². The molecule has 25 heavy (non-hydrogen) atoms. The number of carbonyl (C=O) groups is 2. The molecule has 2 rings (SSSR count). The van der Waals surface area contributed by atoms with Crippen LogP contribution >= 0.6 is 0 Å². The average Bonchev–Trinajstić information content (AvgIpc) is 2.60. The minimum atomic E-state index is 0.0115. The Morgan fingerprint density at radius 2 is 1.64 bits per heavy atom. The van der Waals surface area contributed by atoms with Gasteiger partial charge in [0.05, 0.1) is 0 Å². The van der Waals surface area contributed by atoms with Gasteiger partial charge < -0.3 is 15.5 Å². The topological polar surface area (TPSA) is 61.4 Å². The van der Waals surface area contributed by atoms with Crippen molar-refractivity contribution in [3.63, 3.8) is 0 Å². The standard InChI is InChI=1S/C20H31N3O2/c1-15-7-4-5-8-18(15)22-20(25)17-11-9-16(10-12-17)19(24)21-13-6-14-23(2)3/h4-5,7-8,16-17H,6,9-14H2,1-3H3,(H,21,24)(H,22,25). The molecule has 0 heterocycles. The SMILES string of the molecule is Cc1ccccc1NC(=O)C1CCC(C(=O)NCCCN(C)C)CC1. The van der Waals surface area contributed by atoms with E-state index in [9.17, 15) is 9.59 Å².